The topological polar surface area (TPSA) is 76.7 Å². The number of hydrogen-bond acceptors (Lipinski definition) is 4. The van der Waals surface area contributed by atoms with Gasteiger partial charge >= 0.3 is 6.03 Å². The van der Waals surface area contributed by atoms with E-state index in [1.807, 2.05) is 5.32 Å². The van der Waals surface area contributed by atoms with Gasteiger partial charge in [-0.3, -0.25) is 10.1 Å². The Bertz CT molecular complexity index is 485. The molecule has 0 saturated heterocycles. The highest BCUT2D eigenvalue weighted by atomic mass is 79.9. The van der Waals surface area contributed by atoms with Gasteiger partial charge in [0, 0.05) is 18.1 Å². The summed E-state index contributed by atoms with van der Waals surface area (Å²) in [7, 11) is 1.49. The molecule has 6 nitrogen and oxygen atoms in total. The quantitative estimate of drug-likeness (QED) is 0.762. The number of methoxy groups -OCH3 is 1. The lowest BCUT2D eigenvalue weighted by Crippen LogP contribution is -2.42. The standard InChI is InChI=1S/C12H14BrFN2O4/c1-19-5-4-15-12(18)16-11(17)7-20-10-3-2-8(13)6-9(10)14/h2-3,6H,4-5,7H2,1H3,(H2,15,16,17,18). The highest BCUT2D eigenvalue weighted by molar-refractivity contribution is 9.10. The second-order valence-corrected chi connectivity index (χ2v) is 4.58. The van der Waals surface area contributed by atoms with Gasteiger partial charge in [0.1, 0.15) is 0 Å². The fourth-order valence-electron chi connectivity index (χ4n) is 1.21. The van der Waals surface area contributed by atoms with Gasteiger partial charge in [-0.25, -0.2) is 9.18 Å². The number of halogens is 2. The van der Waals surface area contributed by atoms with Gasteiger partial charge in [-0.15, -0.1) is 0 Å². The molecule has 0 aliphatic rings. The van der Waals surface area contributed by atoms with Gasteiger partial charge in [0.2, 0.25) is 0 Å². The molecule has 0 aliphatic heterocycles. The second-order valence-electron chi connectivity index (χ2n) is 3.66. The molecule has 20 heavy (non-hydrogen) atoms. The molecule has 0 heterocycles. The number of benzene rings is 1. The number of carbonyl (C=O) groups excluding carboxylic acids is 2. The Balaban J connectivity index is 2.34. The molecular formula is C12H14BrFN2O4. The molecule has 0 bridgehead atoms. The van der Waals surface area contributed by atoms with E-state index in [2.05, 4.69) is 21.2 Å². The first-order chi connectivity index (χ1) is 9.52. The van der Waals surface area contributed by atoms with Crippen molar-refractivity contribution in [2.45, 2.75) is 0 Å². The first kappa shape index (κ1) is 16.4. The van der Waals surface area contributed by atoms with E-state index in [0.717, 1.165) is 0 Å². The fraction of sp³-hybridized carbons (Fsp3) is 0.333. The van der Waals surface area contributed by atoms with E-state index in [-0.39, 0.29) is 12.3 Å². The van der Waals surface area contributed by atoms with E-state index in [1.165, 1.54) is 19.2 Å². The van der Waals surface area contributed by atoms with Gasteiger partial charge in [0.05, 0.1) is 6.61 Å². The second kappa shape index (κ2) is 8.49. The third-order valence-electron chi connectivity index (χ3n) is 2.10. The predicted molar refractivity (Wildman–Crippen MR) is 73.0 cm³/mol. The SMILES string of the molecule is COCCNC(=O)NC(=O)COc1ccc(Br)cc1F. The van der Waals surface area contributed by atoms with Gasteiger partial charge in [0.15, 0.2) is 18.2 Å². The Labute approximate surface area is 123 Å². The molecule has 0 aliphatic carbocycles. The third kappa shape index (κ3) is 5.98. The van der Waals surface area contributed by atoms with Crippen molar-refractivity contribution in [3.63, 3.8) is 0 Å². The Kier molecular flexibility index (Phi) is 6.96. The summed E-state index contributed by atoms with van der Waals surface area (Å²) < 4.78 is 23.6. The Morgan fingerprint density at radius 1 is 1.40 bits per heavy atom. The summed E-state index contributed by atoms with van der Waals surface area (Å²) in [5, 5.41) is 4.44. The first-order valence-electron chi connectivity index (χ1n) is 5.67. The first-order valence-corrected chi connectivity index (χ1v) is 6.46. The maximum atomic E-state index is 13.4. The molecule has 0 spiro atoms. The van der Waals surface area contributed by atoms with Crippen LogP contribution in [0.4, 0.5) is 9.18 Å². The molecule has 0 saturated carbocycles. The normalized spacial score (nSPS) is 9.95. The molecule has 2 N–H and O–H groups in total. The molecule has 8 heteroatoms. The van der Waals surface area contributed by atoms with Gasteiger partial charge in [-0.05, 0) is 18.2 Å². The molecule has 0 aromatic heterocycles. The zero-order valence-corrected chi connectivity index (χ0v) is 12.3. The average molecular weight is 349 g/mol. The minimum absolute atomic E-state index is 0.0665. The van der Waals surface area contributed by atoms with Crippen molar-refractivity contribution >= 4 is 27.9 Å². The third-order valence-corrected chi connectivity index (χ3v) is 2.59. The smallest absolute Gasteiger partial charge is 0.321 e. The van der Waals surface area contributed by atoms with Crippen molar-refractivity contribution in [2.24, 2.45) is 0 Å². The number of amides is 3. The number of urea groups is 1. The maximum Gasteiger partial charge on any atom is 0.321 e. The summed E-state index contributed by atoms with van der Waals surface area (Å²) >= 11 is 3.10. The molecule has 1 aromatic rings. The van der Waals surface area contributed by atoms with Crippen LogP contribution in [-0.2, 0) is 9.53 Å². The molecule has 0 unspecified atom stereocenters. The van der Waals surface area contributed by atoms with E-state index >= 15 is 0 Å². The molecular weight excluding hydrogens is 335 g/mol. The van der Waals surface area contributed by atoms with Crippen molar-refractivity contribution < 1.29 is 23.5 Å². The van der Waals surface area contributed by atoms with Crippen LogP contribution < -0.4 is 15.4 Å². The van der Waals surface area contributed by atoms with Gasteiger partial charge < -0.3 is 14.8 Å². The molecule has 3 amide bonds. The lowest BCUT2D eigenvalue weighted by atomic mass is 10.3. The van der Waals surface area contributed by atoms with Crippen molar-refractivity contribution in [1.29, 1.82) is 0 Å². The van der Waals surface area contributed by atoms with Gasteiger partial charge in [-0.1, -0.05) is 15.9 Å². The Hall–Kier alpha value is -1.67. The summed E-state index contributed by atoms with van der Waals surface area (Å²) in [5.41, 5.74) is 0. The van der Waals surface area contributed by atoms with E-state index < -0.39 is 24.4 Å². The van der Waals surface area contributed by atoms with Crippen LogP contribution in [0, 0.1) is 5.82 Å². The molecule has 0 atom stereocenters. The van der Waals surface area contributed by atoms with E-state index in [4.69, 9.17) is 9.47 Å². The van der Waals surface area contributed by atoms with Gasteiger partial charge in [0.25, 0.3) is 5.91 Å². The van der Waals surface area contributed by atoms with Crippen LogP contribution in [0.1, 0.15) is 0 Å². The molecule has 1 rings (SSSR count). The van der Waals surface area contributed by atoms with Crippen LogP contribution in [0.5, 0.6) is 5.75 Å². The van der Waals surface area contributed by atoms with Crippen molar-refractivity contribution in [2.75, 3.05) is 26.9 Å². The van der Waals surface area contributed by atoms with Crippen molar-refractivity contribution in [3.05, 3.63) is 28.5 Å². The highest BCUT2D eigenvalue weighted by Crippen LogP contribution is 2.21. The molecule has 0 fully saturated rings. The van der Waals surface area contributed by atoms with Crippen LogP contribution in [0.15, 0.2) is 22.7 Å². The summed E-state index contributed by atoms with van der Waals surface area (Å²) in [6, 6.07) is 3.51. The van der Waals surface area contributed by atoms with Crippen LogP contribution in [0.25, 0.3) is 0 Å². The molecule has 1 aromatic carbocycles. The fourth-order valence-corrected chi connectivity index (χ4v) is 1.54. The lowest BCUT2D eigenvalue weighted by Gasteiger charge is -2.08. The zero-order chi connectivity index (χ0) is 15.0. The van der Waals surface area contributed by atoms with Gasteiger partial charge in [-0.2, -0.15) is 0 Å². The van der Waals surface area contributed by atoms with Crippen LogP contribution >= 0.6 is 15.9 Å². The van der Waals surface area contributed by atoms with Crippen molar-refractivity contribution in [1.82, 2.24) is 10.6 Å². The van der Waals surface area contributed by atoms with Crippen LogP contribution in [0.3, 0.4) is 0 Å². The number of imide groups is 1. The number of rotatable bonds is 6. The molecule has 0 radical (unpaired) electrons. The Morgan fingerprint density at radius 2 is 2.15 bits per heavy atom. The van der Waals surface area contributed by atoms with E-state index in [1.54, 1.807) is 6.07 Å². The number of hydrogen-bond donors (Lipinski definition) is 2. The minimum Gasteiger partial charge on any atom is -0.481 e. The number of ether oxygens (including phenoxy) is 2. The van der Waals surface area contributed by atoms with E-state index in [9.17, 15) is 14.0 Å². The lowest BCUT2D eigenvalue weighted by molar-refractivity contribution is -0.122. The van der Waals surface area contributed by atoms with Crippen LogP contribution in [-0.4, -0.2) is 38.8 Å². The largest absolute Gasteiger partial charge is 0.481 e. The zero-order valence-electron chi connectivity index (χ0n) is 10.7. The summed E-state index contributed by atoms with van der Waals surface area (Å²) in [5.74, 6) is -1.35. The average Bonchev–Trinajstić information content (AvgIpc) is 2.38. The maximum absolute atomic E-state index is 13.4. The number of carbonyl (C=O) groups is 2. The van der Waals surface area contributed by atoms with Crippen molar-refractivity contribution in [3.8, 4) is 5.75 Å². The Morgan fingerprint density at radius 3 is 2.80 bits per heavy atom. The number of nitrogens with one attached hydrogen (secondary N) is 2. The summed E-state index contributed by atoms with van der Waals surface area (Å²) in [6.07, 6.45) is 0. The minimum atomic E-state index is -0.678. The van der Waals surface area contributed by atoms with E-state index in [0.29, 0.717) is 11.1 Å². The molecule has 110 valence electrons. The predicted octanol–water partition coefficient (Wildman–Crippen LogP) is 1.44. The van der Waals surface area contributed by atoms with Crippen LogP contribution in [0.2, 0.25) is 0 Å². The monoisotopic (exact) mass is 348 g/mol. The highest BCUT2D eigenvalue weighted by Gasteiger charge is 2.10. The summed E-state index contributed by atoms with van der Waals surface area (Å²) in [4.78, 5) is 22.6. The summed E-state index contributed by atoms with van der Waals surface area (Å²) in [6.45, 7) is 0.149.